The fourth-order valence-corrected chi connectivity index (χ4v) is 6.65. The van der Waals surface area contributed by atoms with Gasteiger partial charge in [0.1, 0.15) is 0 Å². The molecule has 1 saturated heterocycles. The molecule has 0 radical (unpaired) electrons. The van der Waals surface area contributed by atoms with Crippen LogP contribution in [0.4, 0.5) is 0 Å². The van der Waals surface area contributed by atoms with Crippen LogP contribution in [0.15, 0.2) is 133 Å². The Balaban J connectivity index is 1.21. The number of nitrogens with zero attached hydrogens (tertiary/aromatic N) is 1. The number of aliphatic hydroxyl groups excluding tert-OH is 1. The van der Waals surface area contributed by atoms with Gasteiger partial charge in [0.25, 0.3) is 0 Å². The first-order valence-corrected chi connectivity index (χ1v) is 17.9. The summed E-state index contributed by atoms with van der Waals surface area (Å²) in [6, 6.07) is 45.1. The molecule has 1 aliphatic rings. The van der Waals surface area contributed by atoms with Crippen molar-refractivity contribution in [2.24, 2.45) is 0 Å². The average Bonchev–Trinajstić information content (AvgIpc) is 3.18. The van der Waals surface area contributed by atoms with E-state index in [1.807, 2.05) is 72.8 Å². The zero-order valence-electron chi connectivity index (χ0n) is 29.3. The minimum Gasteiger partial charge on any atom is -0.481 e. The molecule has 1 fully saturated rings. The summed E-state index contributed by atoms with van der Waals surface area (Å²) >= 11 is 0. The number of carboxylic acid groups (broad SMARTS) is 1. The Bertz CT molecular complexity index is 1820. The van der Waals surface area contributed by atoms with E-state index in [1.165, 1.54) is 11.1 Å². The summed E-state index contributed by atoms with van der Waals surface area (Å²) in [5, 5.41) is 21.5. The molecule has 5 aromatic rings. The summed E-state index contributed by atoms with van der Waals surface area (Å²) in [5.41, 5.74) is 8.27. The number of benzene rings is 5. The van der Waals surface area contributed by atoms with Gasteiger partial charge in [-0.1, -0.05) is 133 Å². The van der Waals surface area contributed by atoms with Gasteiger partial charge in [0.15, 0.2) is 6.29 Å². The number of carbonyl (C=O) groups excluding carboxylic acids is 1. The normalized spacial score (nSPS) is 17.2. The Morgan fingerprint density at radius 2 is 1.31 bits per heavy atom. The summed E-state index contributed by atoms with van der Waals surface area (Å²) in [5.74, 6) is -1.07. The number of hydrogen-bond donors (Lipinski definition) is 3. The Kier molecular flexibility index (Phi) is 13.0. The van der Waals surface area contributed by atoms with Gasteiger partial charge in [-0.25, -0.2) is 0 Å². The molecule has 1 heterocycles. The van der Waals surface area contributed by atoms with Crippen molar-refractivity contribution in [2.75, 3.05) is 6.54 Å². The minimum atomic E-state index is -0.901. The van der Waals surface area contributed by atoms with Crippen LogP contribution in [-0.4, -0.2) is 39.6 Å². The Hall–Kier alpha value is -5.12. The lowest BCUT2D eigenvalue weighted by Gasteiger charge is -2.38. The van der Waals surface area contributed by atoms with Crippen LogP contribution < -0.4 is 5.32 Å². The third-order valence-electron chi connectivity index (χ3n) is 9.36. The molecule has 52 heavy (non-hydrogen) atoms. The summed E-state index contributed by atoms with van der Waals surface area (Å²) in [4.78, 5) is 25.6. The first-order valence-electron chi connectivity index (χ1n) is 17.9. The van der Waals surface area contributed by atoms with Crippen molar-refractivity contribution in [2.45, 2.75) is 70.4 Å². The number of rotatable bonds is 16. The quantitative estimate of drug-likeness (QED) is 0.0960. The van der Waals surface area contributed by atoms with E-state index in [4.69, 9.17) is 14.6 Å². The van der Waals surface area contributed by atoms with Crippen molar-refractivity contribution >= 4 is 11.9 Å². The molecule has 268 valence electrons. The lowest BCUT2D eigenvalue weighted by molar-refractivity contribution is -0.253. The molecule has 8 nitrogen and oxygen atoms in total. The standard InChI is InChI=1S/C44H46N2O6/c47-31-34-18-20-36(21-19-34)41-26-39(30-46(28-32-10-3-1-4-11-32)29-33-12-5-2-6-13-33)51-44(52-41)37-24-22-35(23-25-37)40-15-8-7-14-38(40)27-45-42(48)16-9-17-43(49)50/h1-8,10-15,18-25,39,41,44,47H,9,16-17,26-31H2,(H,45,48)(H,49,50)/t39-,41+,44+/m1/s1. The molecule has 0 aromatic heterocycles. The third kappa shape index (κ3) is 10.5. The topological polar surface area (TPSA) is 108 Å². The van der Waals surface area contributed by atoms with Crippen LogP contribution in [0.25, 0.3) is 11.1 Å². The van der Waals surface area contributed by atoms with Gasteiger partial charge in [-0.2, -0.15) is 0 Å². The monoisotopic (exact) mass is 698 g/mol. The van der Waals surface area contributed by atoms with E-state index < -0.39 is 12.3 Å². The highest BCUT2D eigenvalue weighted by Crippen LogP contribution is 2.39. The van der Waals surface area contributed by atoms with E-state index in [0.29, 0.717) is 25.9 Å². The first-order chi connectivity index (χ1) is 25.4. The van der Waals surface area contributed by atoms with Crippen molar-refractivity contribution in [3.63, 3.8) is 0 Å². The summed E-state index contributed by atoms with van der Waals surface area (Å²) < 4.78 is 13.4. The van der Waals surface area contributed by atoms with Gasteiger partial charge >= 0.3 is 5.97 Å². The number of hydrogen-bond acceptors (Lipinski definition) is 6. The van der Waals surface area contributed by atoms with Gasteiger partial charge in [0.05, 0.1) is 18.8 Å². The zero-order valence-corrected chi connectivity index (χ0v) is 29.3. The van der Waals surface area contributed by atoms with Crippen LogP contribution in [0.5, 0.6) is 0 Å². The summed E-state index contributed by atoms with van der Waals surface area (Å²) in [6.07, 6.45) is 0.229. The maximum Gasteiger partial charge on any atom is 0.303 e. The molecule has 3 N–H and O–H groups in total. The van der Waals surface area contributed by atoms with E-state index in [1.54, 1.807) is 0 Å². The molecule has 5 aromatic carbocycles. The number of aliphatic hydroxyl groups is 1. The molecule has 0 spiro atoms. The number of amides is 1. The average molecular weight is 699 g/mol. The van der Waals surface area contributed by atoms with E-state index in [2.05, 4.69) is 70.9 Å². The number of nitrogens with one attached hydrogen (secondary N) is 1. The summed E-state index contributed by atoms with van der Waals surface area (Å²) in [7, 11) is 0. The highest BCUT2D eigenvalue weighted by Gasteiger charge is 2.33. The van der Waals surface area contributed by atoms with Gasteiger partial charge in [0.2, 0.25) is 5.91 Å². The van der Waals surface area contributed by atoms with E-state index >= 15 is 0 Å². The molecule has 1 amide bonds. The molecule has 8 heteroatoms. The lowest BCUT2D eigenvalue weighted by atomic mass is 9.97. The number of carbonyl (C=O) groups is 2. The SMILES string of the molecule is O=C(O)CCCC(=O)NCc1ccccc1-c1ccc([C@H]2O[C@@H](CN(Cc3ccccc3)Cc3ccccc3)C[C@@H](c3ccc(CO)cc3)O2)cc1. The van der Waals surface area contributed by atoms with Gasteiger partial charge in [0, 0.05) is 51.0 Å². The molecule has 0 saturated carbocycles. The first kappa shape index (κ1) is 36.7. The van der Waals surface area contributed by atoms with Crippen molar-refractivity contribution < 1.29 is 29.3 Å². The Morgan fingerprint density at radius 1 is 0.692 bits per heavy atom. The number of ether oxygens (including phenoxy) is 2. The molecule has 0 aliphatic carbocycles. The second kappa shape index (κ2) is 18.4. The van der Waals surface area contributed by atoms with E-state index in [-0.39, 0.29) is 37.6 Å². The Morgan fingerprint density at radius 3 is 1.94 bits per heavy atom. The summed E-state index contributed by atoms with van der Waals surface area (Å²) in [6.45, 7) is 2.62. The molecular formula is C44H46N2O6. The van der Waals surface area contributed by atoms with Gasteiger partial charge < -0.3 is 25.0 Å². The van der Waals surface area contributed by atoms with Crippen LogP contribution in [0.3, 0.4) is 0 Å². The maximum absolute atomic E-state index is 12.4. The van der Waals surface area contributed by atoms with Crippen LogP contribution >= 0.6 is 0 Å². The zero-order chi connectivity index (χ0) is 36.1. The van der Waals surface area contributed by atoms with Gasteiger partial charge in [-0.15, -0.1) is 0 Å². The lowest BCUT2D eigenvalue weighted by Crippen LogP contribution is -2.39. The van der Waals surface area contributed by atoms with Crippen molar-refractivity contribution in [3.8, 4) is 11.1 Å². The number of aliphatic carboxylic acids is 1. The smallest absolute Gasteiger partial charge is 0.303 e. The van der Waals surface area contributed by atoms with E-state index in [0.717, 1.165) is 46.5 Å². The van der Waals surface area contributed by atoms with Crippen molar-refractivity contribution in [1.82, 2.24) is 10.2 Å². The van der Waals surface area contributed by atoms with E-state index in [9.17, 15) is 14.7 Å². The van der Waals surface area contributed by atoms with Crippen LogP contribution in [0.1, 0.15) is 71.5 Å². The van der Waals surface area contributed by atoms with Crippen LogP contribution in [0.2, 0.25) is 0 Å². The Labute approximate surface area is 305 Å². The third-order valence-corrected chi connectivity index (χ3v) is 9.36. The predicted molar refractivity (Wildman–Crippen MR) is 201 cm³/mol. The fraction of sp³-hybridized carbons (Fsp3) is 0.273. The molecule has 6 rings (SSSR count). The van der Waals surface area contributed by atoms with Crippen LogP contribution in [-0.2, 0) is 45.3 Å². The van der Waals surface area contributed by atoms with Crippen molar-refractivity contribution in [1.29, 1.82) is 0 Å². The fourth-order valence-electron chi connectivity index (χ4n) is 6.65. The van der Waals surface area contributed by atoms with Gasteiger partial charge in [-0.3, -0.25) is 14.5 Å². The maximum atomic E-state index is 12.4. The van der Waals surface area contributed by atoms with Gasteiger partial charge in [-0.05, 0) is 45.4 Å². The second-order valence-corrected chi connectivity index (χ2v) is 13.3. The molecular weight excluding hydrogens is 652 g/mol. The predicted octanol–water partition coefficient (Wildman–Crippen LogP) is 7.96. The molecule has 0 bridgehead atoms. The number of carboxylic acids is 1. The van der Waals surface area contributed by atoms with Crippen LogP contribution in [0, 0.1) is 0 Å². The molecule has 3 atom stereocenters. The highest BCUT2D eigenvalue weighted by atomic mass is 16.7. The minimum absolute atomic E-state index is 0.0112. The molecule has 1 aliphatic heterocycles. The largest absolute Gasteiger partial charge is 0.481 e. The second-order valence-electron chi connectivity index (χ2n) is 13.3. The van der Waals surface area contributed by atoms with Crippen molar-refractivity contribution in [3.05, 3.63) is 167 Å². The highest BCUT2D eigenvalue weighted by molar-refractivity contribution is 5.77. The molecule has 0 unspecified atom stereocenters.